The molecular weight excluding hydrogens is 355 g/mol. The van der Waals surface area contributed by atoms with E-state index in [-0.39, 0.29) is 16.8 Å². The maximum atomic E-state index is 14.5. The Kier molecular flexibility index (Phi) is 4.06. The highest BCUT2D eigenvalue weighted by Crippen LogP contribution is 2.55. The van der Waals surface area contributed by atoms with Crippen molar-refractivity contribution in [3.05, 3.63) is 11.6 Å². The highest BCUT2D eigenvalue weighted by Gasteiger charge is 2.77. The van der Waals surface area contributed by atoms with Crippen LogP contribution in [0.15, 0.2) is 6.33 Å². The van der Waals surface area contributed by atoms with Crippen LogP contribution in [0.5, 0.6) is 5.88 Å². The van der Waals surface area contributed by atoms with Gasteiger partial charge in [-0.3, -0.25) is 4.57 Å². The van der Waals surface area contributed by atoms with Crippen molar-refractivity contribution in [2.75, 3.05) is 6.61 Å². The van der Waals surface area contributed by atoms with Crippen molar-refractivity contribution in [3.63, 3.8) is 0 Å². The summed E-state index contributed by atoms with van der Waals surface area (Å²) in [6.07, 6.45) is -0.841. The van der Waals surface area contributed by atoms with Gasteiger partial charge in [0.15, 0.2) is 29.2 Å². The van der Waals surface area contributed by atoms with Gasteiger partial charge in [-0.05, 0) is 18.0 Å². The molecule has 2 aliphatic rings. The zero-order valence-electron chi connectivity index (χ0n) is 13.5. The average Bonchev–Trinajstić information content (AvgIpc) is 2.90. The molecule has 1 saturated carbocycles. The lowest BCUT2D eigenvalue weighted by atomic mass is 10.2. The van der Waals surface area contributed by atoms with Gasteiger partial charge >= 0.3 is 0 Å². The number of hydrogen-bond acceptors (Lipinski definition) is 7. The predicted molar refractivity (Wildman–Crippen MR) is 85.1 cm³/mol. The van der Waals surface area contributed by atoms with E-state index in [1.54, 1.807) is 0 Å². The smallest absolute Gasteiger partial charge is 0.246 e. The van der Waals surface area contributed by atoms with E-state index in [0.717, 1.165) is 19.3 Å². The summed E-state index contributed by atoms with van der Waals surface area (Å²) in [5.74, 6) is 0.224. The van der Waals surface area contributed by atoms with Crippen molar-refractivity contribution in [1.29, 1.82) is 0 Å². The maximum Gasteiger partial charge on any atom is 0.246 e. The molecule has 136 valence electrons. The second-order valence-electron chi connectivity index (χ2n) is 6.36. The minimum atomic E-state index is -1.88. The molecule has 0 spiro atoms. The number of aliphatic hydroxyl groups is 2. The molecule has 2 aromatic heterocycles. The summed E-state index contributed by atoms with van der Waals surface area (Å²) in [5.41, 5.74) is -1.29. The molecule has 0 aromatic carbocycles. The third-order valence-corrected chi connectivity index (χ3v) is 4.88. The molecule has 0 amide bonds. The first kappa shape index (κ1) is 16.9. The Balaban J connectivity index is 1.63. The molecule has 5 atom stereocenters. The Labute approximate surface area is 147 Å². The third-order valence-electron chi connectivity index (χ3n) is 4.71. The number of unbranched alkanes of at least 4 members (excludes halogenated alkanes) is 2. The van der Waals surface area contributed by atoms with Gasteiger partial charge in [-0.15, -0.1) is 0 Å². The SMILES string of the molecule is CCCCCOc1nc(Cl)nc2c1ncn2[C@@H]1O[C@@H]2C(O)[C@]2(O)[C@@H]1F. The van der Waals surface area contributed by atoms with Gasteiger partial charge in [0.1, 0.15) is 12.2 Å². The second kappa shape index (κ2) is 6.01. The molecule has 25 heavy (non-hydrogen) atoms. The van der Waals surface area contributed by atoms with Crippen LogP contribution in [0.2, 0.25) is 5.28 Å². The quantitative estimate of drug-likeness (QED) is 0.583. The van der Waals surface area contributed by atoms with Crippen LogP contribution in [-0.2, 0) is 4.74 Å². The molecule has 2 aromatic rings. The van der Waals surface area contributed by atoms with Gasteiger partial charge in [0.25, 0.3) is 0 Å². The summed E-state index contributed by atoms with van der Waals surface area (Å²) < 4.78 is 26.9. The van der Waals surface area contributed by atoms with Crippen LogP contribution in [0.4, 0.5) is 4.39 Å². The van der Waals surface area contributed by atoms with Crippen molar-refractivity contribution in [2.45, 2.75) is 56.4 Å². The van der Waals surface area contributed by atoms with Crippen LogP contribution in [-0.4, -0.2) is 60.3 Å². The molecule has 1 saturated heterocycles. The van der Waals surface area contributed by atoms with Crippen LogP contribution < -0.4 is 4.74 Å². The number of aliphatic hydroxyl groups excluding tert-OH is 1. The summed E-state index contributed by atoms with van der Waals surface area (Å²) in [4.78, 5) is 12.3. The van der Waals surface area contributed by atoms with Crippen LogP contribution >= 0.6 is 11.6 Å². The molecular formula is C15H18ClFN4O4. The van der Waals surface area contributed by atoms with Gasteiger partial charge in [0, 0.05) is 0 Å². The molecule has 3 heterocycles. The highest BCUT2D eigenvalue weighted by atomic mass is 35.5. The van der Waals surface area contributed by atoms with Gasteiger partial charge in [0.2, 0.25) is 11.2 Å². The number of imidazole rings is 1. The van der Waals surface area contributed by atoms with Crippen molar-refractivity contribution in [2.24, 2.45) is 0 Å². The number of alkyl halides is 1. The Morgan fingerprint density at radius 1 is 1.44 bits per heavy atom. The van der Waals surface area contributed by atoms with E-state index in [9.17, 15) is 14.6 Å². The van der Waals surface area contributed by atoms with E-state index >= 15 is 0 Å². The fourth-order valence-corrected chi connectivity index (χ4v) is 3.33. The molecule has 0 radical (unpaired) electrons. The van der Waals surface area contributed by atoms with Gasteiger partial charge in [0.05, 0.1) is 12.9 Å². The first-order chi connectivity index (χ1) is 12.0. The monoisotopic (exact) mass is 372 g/mol. The Morgan fingerprint density at radius 2 is 2.24 bits per heavy atom. The standard InChI is InChI=1S/C15H18ClFN4O4/c1-2-3-4-5-24-12-7-11(19-14(16)20-12)21(6-18-7)13-8(17)15(23)9(22)10(15)25-13/h6,8-10,13,22-23H,2-5H2,1H3/t8-,9?,10-,13-,15-/m1/s1. The highest BCUT2D eigenvalue weighted by molar-refractivity contribution is 6.28. The van der Waals surface area contributed by atoms with E-state index in [2.05, 4.69) is 21.9 Å². The molecule has 10 heteroatoms. The first-order valence-corrected chi connectivity index (χ1v) is 8.59. The fraction of sp³-hybridized carbons (Fsp3) is 0.667. The number of halogens is 2. The predicted octanol–water partition coefficient (Wildman–Crippen LogP) is 1.39. The second-order valence-corrected chi connectivity index (χ2v) is 6.70. The molecule has 0 bridgehead atoms. The summed E-state index contributed by atoms with van der Waals surface area (Å²) >= 11 is 5.96. The zero-order chi connectivity index (χ0) is 17.8. The minimum Gasteiger partial charge on any atom is -0.476 e. The lowest BCUT2D eigenvalue weighted by molar-refractivity contribution is -0.0610. The first-order valence-electron chi connectivity index (χ1n) is 8.21. The number of fused-ring (bicyclic) bond motifs is 2. The molecule has 1 aliphatic carbocycles. The average molecular weight is 373 g/mol. The van der Waals surface area contributed by atoms with E-state index in [0.29, 0.717) is 12.1 Å². The van der Waals surface area contributed by atoms with E-state index in [1.807, 2.05) is 0 Å². The van der Waals surface area contributed by atoms with Crippen LogP contribution in [0.1, 0.15) is 32.4 Å². The lowest BCUT2D eigenvalue weighted by Crippen LogP contribution is -2.33. The normalized spacial score (nSPS) is 33.6. The van der Waals surface area contributed by atoms with Crippen molar-refractivity contribution >= 4 is 22.8 Å². The van der Waals surface area contributed by atoms with Crippen molar-refractivity contribution in [3.8, 4) is 5.88 Å². The Morgan fingerprint density at radius 3 is 2.92 bits per heavy atom. The van der Waals surface area contributed by atoms with E-state index < -0.39 is 30.2 Å². The van der Waals surface area contributed by atoms with Gasteiger partial charge in [-0.1, -0.05) is 19.8 Å². The zero-order valence-corrected chi connectivity index (χ0v) is 14.2. The number of rotatable bonds is 6. The number of nitrogens with zero attached hydrogens (tertiary/aromatic N) is 4. The minimum absolute atomic E-state index is 0.0583. The summed E-state index contributed by atoms with van der Waals surface area (Å²) in [5, 5.41) is 19.5. The Hall–Kier alpha value is -1.55. The van der Waals surface area contributed by atoms with E-state index in [4.69, 9.17) is 21.1 Å². The number of hydrogen-bond donors (Lipinski definition) is 2. The van der Waals surface area contributed by atoms with Gasteiger partial charge in [-0.25, -0.2) is 9.37 Å². The van der Waals surface area contributed by atoms with Crippen LogP contribution in [0.25, 0.3) is 11.2 Å². The summed E-state index contributed by atoms with van der Waals surface area (Å²) in [6, 6.07) is 0. The fourth-order valence-electron chi connectivity index (χ4n) is 3.17. The lowest BCUT2D eigenvalue weighted by Gasteiger charge is -2.20. The molecule has 1 aliphatic heterocycles. The summed E-state index contributed by atoms with van der Waals surface area (Å²) in [6.45, 7) is 2.55. The number of aromatic nitrogens is 4. The molecule has 2 N–H and O–H groups in total. The van der Waals surface area contributed by atoms with Gasteiger partial charge < -0.3 is 19.7 Å². The van der Waals surface area contributed by atoms with Crippen LogP contribution in [0.3, 0.4) is 0 Å². The molecule has 1 unspecified atom stereocenters. The molecule has 2 fully saturated rings. The maximum absolute atomic E-state index is 14.5. The van der Waals surface area contributed by atoms with Crippen molar-refractivity contribution in [1.82, 2.24) is 19.5 Å². The van der Waals surface area contributed by atoms with Crippen LogP contribution in [0, 0.1) is 0 Å². The number of ether oxygens (including phenoxy) is 2. The molecule has 8 nitrogen and oxygen atoms in total. The third kappa shape index (κ3) is 2.49. The largest absolute Gasteiger partial charge is 0.476 e. The topological polar surface area (TPSA) is 103 Å². The Bertz CT molecular complexity index is 805. The summed E-state index contributed by atoms with van der Waals surface area (Å²) in [7, 11) is 0. The van der Waals surface area contributed by atoms with E-state index in [1.165, 1.54) is 10.9 Å². The van der Waals surface area contributed by atoms with Gasteiger partial charge in [-0.2, -0.15) is 9.97 Å². The molecule has 4 rings (SSSR count). The van der Waals surface area contributed by atoms with Crippen molar-refractivity contribution < 1.29 is 24.1 Å².